The van der Waals surface area contributed by atoms with Gasteiger partial charge in [-0.3, -0.25) is 9.52 Å². The number of nitrogens with zero attached hydrogens (tertiary/aromatic N) is 1. The Labute approximate surface area is 162 Å². The fourth-order valence-electron chi connectivity index (χ4n) is 3.60. The molecule has 0 saturated carbocycles. The first kappa shape index (κ1) is 17.6. The number of nitrogens with one attached hydrogen (secondary N) is 1. The summed E-state index contributed by atoms with van der Waals surface area (Å²) in [7, 11) is -3.86. The predicted octanol–water partition coefficient (Wildman–Crippen LogP) is 4.19. The summed E-state index contributed by atoms with van der Waals surface area (Å²) in [5.74, 6) is -0.312. The van der Waals surface area contributed by atoms with Crippen molar-refractivity contribution in [3.05, 3.63) is 51.5 Å². The van der Waals surface area contributed by atoms with E-state index in [4.69, 9.17) is 23.2 Å². The summed E-state index contributed by atoms with van der Waals surface area (Å²) in [5, 5.41) is 0.640. The number of carbonyl (C=O) groups is 1. The van der Waals surface area contributed by atoms with Crippen LogP contribution in [0.25, 0.3) is 0 Å². The molecule has 2 heterocycles. The van der Waals surface area contributed by atoms with Crippen LogP contribution in [0.5, 0.6) is 0 Å². The number of benzene rings is 2. The molecule has 2 aromatic carbocycles. The van der Waals surface area contributed by atoms with Gasteiger partial charge in [0.05, 0.1) is 27.2 Å². The number of hydrogen-bond acceptors (Lipinski definition) is 3. The van der Waals surface area contributed by atoms with Crippen molar-refractivity contribution in [1.29, 1.82) is 0 Å². The number of aryl methyl sites for hydroxylation is 1. The lowest BCUT2D eigenvalue weighted by Crippen LogP contribution is -2.32. The third-order valence-corrected chi connectivity index (χ3v) is 6.79. The van der Waals surface area contributed by atoms with Crippen LogP contribution in [0.4, 0.5) is 11.4 Å². The number of carbonyl (C=O) groups excluding carboxylic acids is 1. The van der Waals surface area contributed by atoms with Crippen LogP contribution in [0.3, 0.4) is 0 Å². The largest absolute Gasteiger partial charge is 0.311 e. The third kappa shape index (κ3) is 2.76. The summed E-state index contributed by atoms with van der Waals surface area (Å²) in [6, 6.07) is 7.83. The van der Waals surface area contributed by atoms with E-state index in [1.54, 1.807) is 23.1 Å². The maximum Gasteiger partial charge on any atom is 0.261 e. The van der Waals surface area contributed by atoms with E-state index in [0.29, 0.717) is 11.6 Å². The zero-order valence-electron chi connectivity index (χ0n) is 13.9. The standard InChI is InChI=1S/C18H16Cl2N2O3S/c1-10-14-9-13(7-11-3-2-6-22(17(11)14)18(10)23)26(24,25)21-16-8-12(19)4-5-15(16)20/h4-5,7-10,21H,2-3,6H2,1H3. The number of hydrogen-bond donors (Lipinski definition) is 1. The maximum atomic E-state index is 12.9. The molecule has 0 radical (unpaired) electrons. The van der Waals surface area contributed by atoms with E-state index in [-0.39, 0.29) is 27.4 Å². The minimum atomic E-state index is -3.86. The molecule has 0 saturated heterocycles. The first-order valence-electron chi connectivity index (χ1n) is 8.24. The average Bonchev–Trinajstić information content (AvgIpc) is 2.85. The molecule has 2 aromatic rings. The Bertz CT molecular complexity index is 1040. The van der Waals surface area contributed by atoms with Gasteiger partial charge in [0.1, 0.15) is 0 Å². The van der Waals surface area contributed by atoms with Crippen LogP contribution >= 0.6 is 23.2 Å². The van der Waals surface area contributed by atoms with Crippen LogP contribution in [0.15, 0.2) is 35.2 Å². The van der Waals surface area contributed by atoms with Gasteiger partial charge in [-0.1, -0.05) is 23.2 Å². The van der Waals surface area contributed by atoms with Crippen molar-refractivity contribution in [2.45, 2.75) is 30.6 Å². The van der Waals surface area contributed by atoms with E-state index in [2.05, 4.69) is 4.72 Å². The molecule has 136 valence electrons. The minimum Gasteiger partial charge on any atom is -0.311 e. The van der Waals surface area contributed by atoms with Crippen molar-refractivity contribution in [2.24, 2.45) is 0 Å². The van der Waals surface area contributed by atoms with Crippen molar-refractivity contribution in [3.8, 4) is 0 Å². The van der Waals surface area contributed by atoms with Gasteiger partial charge >= 0.3 is 0 Å². The van der Waals surface area contributed by atoms with Gasteiger partial charge < -0.3 is 4.90 Å². The number of sulfonamides is 1. The van der Waals surface area contributed by atoms with Crippen LogP contribution in [0.2, 0.25) is 10.0 Å². The maximum absolute atomic E-state index is 12.9. The SMILES string of the molecule is CC1C(=O)N2CCCc3cc(S(=O)(=O)Nc4cc(Cl)ccc4Cl)cc1c32. The van der Waals surface area contributed by atoms with E-state index in [1.165, 1.54) is 12.1 Å². The highest BCUT2D eigenvalue weighted by molar-refractivity contribution is 7.92. The van der Waals surface area contributed by atoms with Crippen LogP contribution in [-0.2, 0) is 21.2 Å². The summed E-state index contributed by atoms with van der Waals surface area (Å²) in [6.45, 7) is 2.50. The Hall–Kier alpha value is -1.76. The van der Waals surface area contributed by atoms with Crippen molar-refractivity contribution in [2.75, 3.05) is 16.2 Å². The summed E-state index contributed by atoms with van der Waals surface area (Å²) in [5.41, 5.74) is 2.77. The molecule has 2 aliphatic heterocycles. The molecule has 0 bridgehead atoms. The fraction of sp³-hybridized carbons (Fsp3) is 0.278. The quantitative estimate of drug-likeness (QED) is 0.824. The first-order chi connectivity index (χ1) is 12.3. The van der Waals surface area contributed by atoms with Crippen LogP contribution < -0.4 is 9.62 Å². The smallest absolute Gasteiger partial charge is 0.261 e. The molecule has 1 N–H and O–H groups in total. The van der Waals surface area contributed by atoms with Gasteiger partial charge in [0.25, 0.3) is 10.0 Å². The van der Waals surface area contributed by atoms with Gasteiger partial charge in [0.2, 0.25) is 5.91 Å². The van der Waals surface area contributed by atoms with E-state index in [1.807, 2.05) is 6.92 Å². The molecule has 0 fully saturated rings. The normalized spacial score (nSPS) is 18.8. The van der Waals surface area contributed by atoms with Crippen molar-refractivity contribution < 1.29 is 13.2 Å². The van der Waals surface area contributed by atoms with Gasteiger partial charge in [-0.2, -0.15) is 0 Å². The number of amides is 1. The Kier molecular flexibility index (Phi) is 4.17. The van der Waals surface area contributed by atoms with E-state index >= 15 is 0 Å². The van der Waals surface area contributed by atoms with Crippen LogP contribution in [-0.4, -0.2) is 20.9 Å². The highest BCUT2D eigenvalue weighted by Gasteiger charge is 2.38. The topological polar surface area (TPSA) is 66.5 Å². The lowest BCUT2D eigenvalue weighted by atomic mass is 9.97. The molecule has 0 aliphatic carbocycles. The van der Waals surface area contributed by atoms with Crippen molar-refractivity contribution in [1.82, 2.24) is 0 Å². The molecular formula is C18H16Cl2N2O3S. The van der Waals surface area contributed by atoms with E-state index in [9.17, 15) is 13.2 Å². The van der Waals surface area contributed by atoms with Crippen molar-refractivity contribution >= 4 is 50.5 Å². The molecule has 8 heteroatoms. The summed E-state index contributed by atoms with van der Waals surface area (Å²) in [4.78, 5) is 14.3. The summed E-state index contributed by atoms with van der Waals surface area (Å²) >= 11 is 12.0. The zero-order chi connectivity index (χ0) is 18.6. The highest BCUT2D eigenvalue weighted by Crippen LogP contribution is 2.44. The second kappa shape index (κ2) is 6.15. The summed E-state index contributed by atoms with van der Waals surface area (Å²) in [6.07, 6.45) is 1.57. The molecular weight excluding hydrogens is 395 g/mol. The van der Waals surface area contributed by atoms with Crippen LogP contribution in [0.1, 0.15) is 30.4 Å². The molecule has 1 unspecified atom stereocenters. The molecule has 5 nitrogen and oxygen atoms in total. The molecule has 0 aromatic heterocycles. The van der Waals surface area contributed by atoms with E-state index < -0.39 is 10.0 Å². The second-order valence-electron chi connectivity index (χ2n) is 6.57. The number of halogens is 2. The molecule has 1 amide bonds. The molecule has 2 aliphatic rings. The highest BCUT2D eigenvalue weighted by atomic mass is 35.5. The van der Waals surface area contributed by atoms with Crippen LogP contribution in [0, 0.1) is 0 Å². The average molecular weight is 411 g/mol. The van der Waals surface area contributed by atoms with Gasteiger partial charge in [-0.25, -0.2) is 8.42 Å². The molecule has 26 heavy (non-hydrogen) atoms. The predicted molar refractivity (Wildman–Crippen MR) is 103 cm³/mol. The first-order valence-corrected chi connectivity index (χ1v) is 10.5. The van der Waals surface area contributed by atoms with Gasteiger partial charge in [0, 0.05) is 11.6 Å². The zero-order valence-corrected chi connectivity index (χ0v) is 16.2. The van der Waals surface area contributed by atoms with E-state index in [0.717, 1.165) is 29.7 Å². The lowest BCUT2D eigenvalue weighted by molar-refractivity contribution is -0.119. The van der Waals surface area contributed by atoms with Gasteiger partial charge in [-0.15, -0.1) is 0 Å². The Balaban J connectivity index is 1.79. The van der Waals surface area contributed by atoms with Gasteiger partial charge in [0.15, 0.2) is 0 Å². The number of anilines is 2. The summed E-state index contributed by atoms with van der Waals surface area (Å²) < 4.78 is 28.3. The Morgan fingerprint density at radius 3 is 2.73 bits per heavy atom. The molecule has 1 atom stereocenters. The lowest BCUT2D eigenvalue weighted by Gasteiger charge is -2.26. The molecule has 0 spiro atoms. The Morgan fingerprint density at radius 2 is 1.96 bits per heavy atom. The Morgan fingerprint density at radius 1 is 1.19 bits per heavy atom. The minimum absolute atomic E-state index is 0.0290. The van der Waals surface area contributed by atoms with Gasteiger partial charge in [-0.05, 0) is 61.2 Å². The third-order valence-electron chi connectivity index (χ3n) is 4.88. The number of rotatable bonds is 3. The molecule has 4 rings (SSSR count). The fourth-order valence-corrected chi connectivity index (χ4v) is 5.15. The monoisotopic (exact) mass is 410 g/mol. The second-order valence-corrected chi connectivity index (χ2v) is 9.09. The van der Waals surface area contributed by atoms with Crippen molar-refractivity contribution in [3.63, 3.8) is 0 Å².